The van der Waals surface area contributed by atoms with E-state index in [0.29, 0.717) is 45.9 Å². The van der Waals surface area contributed by atoms with Crippen molar-refractivity contribution in [3.63, 3.8) is 0 Å². The first-order chi connectivity index (χ1) is 9.70. The van der Waals surface area contributed by atoms with Crippen LogP contribution >= 0.6 is 0 Å². The summed E-state index contributed by atoms with van der Waals surface area (Å²) in [7, 11) is 0. The summed E-state index contributed by atoms with van der Waals surface area (Å²) < 4.78 is 10.6. The average molecular weight is 282 g/mol. The zero-order chi connectivity index (χ0) is 14.6. The predicted molar refractivity (Wildman–Crippen MR) is 75.2 cm³/mol. The quantitative estimate of drug-likeness (QED) is 0.560. The van der Waals surface area contributed by atoms with Crippen molar-refractivity contribution < 1.29 is 19.1 Å². The summed E-state index contributed by atoms with van der Waals surface area (Å²) in [6.07, 6.45) is 6.35. The number of nitrogens with one attached hydrogen (secondary N) is 2. The largest absolute Gasteiger partial charge is 0.377 e. The van der Waals surface area contributed by atoms with Gasteiger partial charge >= 0.3 is 0 Å². The Morgan fingerprint density at radius 1 is 1.10 bits per heavy atom. The number of allylic oxidation sites excluding steroid dienone is 3. The number of carbonyl (C=O) groups excluding carboxylic acids is 2. The molecule has 2 amide bonds. The molecule has 0 heterocycles. The van der Waals surface area contributed by atoms with Crippen molar-refractivity contribution >= 4 is 11.8 Å². The van der Waals surface area contributed by atoms with Crippen molar-refractivity contribution in [3.05, 3.63) is 23.8 Å². The van der Waals surface area contributed by atoms with Crippen molar-refractivity contribution in [2.75, 3.05) is 39.5 Å². The van der Waals surface area contributed by atoms with Gasteiger partial charge in [-0.2, -0.15) is 0 Å². The van der Waals surface area contributed by atoms with Crippen LogP contribution < -0.4 is 10.6 Å². The van der Waals surface area contributed by atoms with Crippen LogP contribution in [0.2, 0.25) is 0 Å². The third-order valence-corrected chi connectivity index (χ3v) is 2.59. The van der Waals surface area contributed by atoms with E-state index in [9.17, 15) is 9.59 Å². The van der Waals surface area contributed by atoms with Crippen LogP contribution in [-0.4, -0.2) is 51.3 Å². The van der Waals surface area contributed by atoms with Gasteiger partial charge in [0.1, 0.15) is 0 Å². The highest BCUT2D eigenvalue weighted by Crippen LogP contribution is 2.09. The second kappa shape index (κ2) is 10.2. The molecule has 1 aliphatic rings. The second-order valence-corrected chi connectivity index (χ2v) is 4.29. The average Bonchev–Trinajstić information content (AvgIpc) is 2.94. The third kappa shape index (κ3) is 7.70. The molecule has 112 valence electrons. The van der Waals surface area contributed by atoms with E-state index in [1.807, 2.05) is 18.2 Å². The molecule has 1 aliphatic carbocycles. The lowest BCUT2D eigenvalue weighted by Gasteiger charge is -2.07. The number of ether oxygens (including phenoxy) is 2. The first-order valence-corrected chi connectivity index (χ1v) is 6.74. The lowest BCUT2D eigenvalue weighted by Crippen LogP contribution is -2.28. The van der Waals surface area contributed by atoms with Crippen molar-refractivity contribution in [1.29, 1.82) is 0 Å². The van der Waals surface area contributed by atoms with Crippen molar-refractivity contribution in [3.8, 4) is 0 Å². The first kappa shape index (κ1) is 16.4. The van der Waals surface area contributed by atoms with Gasteiger partial charge in [0.25, 0.3) is 0 Å². The molecule has 6 nitrogen and oxygen atoms in total. The molecule has 0 aromatic carbocycles. The van der Waals surface area contributed by atoms with Crippen LogP contribution in [0.25, 0.3) is 0 Å². The van der Waals surface area contributed by atoms with Gasteiger partial charge in [-0.1, -0.05) is 18.2 Å². The number of amides is 2. The Balaban J connectivity index is 1.83. The molecule has 20 heavy (non-hydrogen) atoms. The Kier molecular flexibility index (Phi) is 8.33. The zero-order valence-corrected chi connectivity index (χ0v) is 11.8. The predicted octanol–water partition coefficient (Wildman–Crippen LogP) is 0.158. The summed E-state index contributed by atoms with van der Waals surface area (Å²) in [4.78, 5) is 22.1. The summed E-state index contributed by atoms with van der Waals surface area (Å²) >= 11 is 0. The monoisotopic (exact) mass is 282 g/mol. The number of carbonyl (C=O) groups is 2. The molecule has 0 atom stereocenters. The van der Waals surface area contributed by atoms with Crippen molar-refractivity contribution in [2.45, 2.75) is 13.3 Å². The molecular formula is C14H22N2O4. The Morgan fingerprint density at radius 3 is 2.30 bits per heavy atom. The fraction of sp³-hybridized carbons (Fsp3) is 0.571. The van der Waals surface area contributed by atoms with Gasteiger partial charge in [-0.05, 0) is 6.42 Å². The summed E-state index contributed by atoms with van der Waals surface area (Å²) in [6.45, 7) is 4.34. The van der Waals surface area contributed by atoms with Gasteiger partial charge < -0.3 is 20.1 Å². The second-order valence-electron chi connectivity index (χ2n) is 4.29. The normalized spacial score (nSPS) is 13.2. The van der Waals surface area contributed by atoms with Crippen LogP contribution in [0.1, 0.15) is 13.3 Å². The number of rotatable bonds is 10. The van der Waals surface area contributed by atoms with E-state index in [2.05, 4.69) is 10.6 Å². The lowest BCUT2D eigenvalue weighted by atomic mass is 10.2. The third-order valence-electron chi connectivity index (χ3n) is 2.59. The van der Waals surface area contributed by atoms with E-state index in [1.165, 1.54) is 6.92 Å². The highest BCUT2D eigenvalue weighted by molar-refractivity contribution is 5.94. The Morgan fingerprint density at radius 2 is 1.75 bits per heavy atom. The topological polar surface area (TPSA) is 76.7 Å². The maximum absolute atomic E-state index is 11.6. The van der Waals surface area contributed by atoms with Crippen LogP contribution in [0.3, 0.4) is 0 Å². The maximum Gasteiger partial charge on any atom is 0.247 e. The molecule has 0 aromatic rings. The van der Waals surface area contributed by atoms with Crippen LogP contribution in [-0.2, 0) is 19.1 Å². The highest BCUT2D eigenvalue weighted by atomic mass is 16.5. The lowest BCUT2D eigenvalue weighted by molar-refractivity contribution is -0.119. The van der Waals surface area contributed by atoms with Gasteiger partial charge in [0.2, 0.25) is 11.8 Å². The summed E-state index contributed by atoms with van der Waals surface area (Å²) in [5.41, 5.74) is 0.784. The Hall–Kier alpha value is -1.66. The smallest absolute Gasteiger partial charge is 0.247 e. The minimum absolute atomic E-state index is 0.0369. The molecular weight excluding hydrogens is 260 g/mol. The SMILES string of the molecule is CC(=O)NCCOCCOCCNC(=O)C1=CC=CC1. The molecule has 6 heteroatoms. The van der Waals surface area contributed by atoms with Gasteiger partial charge in [-0.3, -0.25) is 9.59 Å². The molecule has 0 spiro atoms. The molecule has 1 rings (SSSR count). The summed E-state index contributed by atoms with van der Waals surface area (Å²) in [6, 6.07) is 0. The molecule has 0 fully saturated rings. The molecule has 2 N–H and O–H groups in total. The van der Waals surface area contributed by atoms with Gasteiger partial charge in [0, 0.05) is 25.6 Å². The van der Waals surface area contributed by atoms with Gasteiger partial charge in [-0.25, -0.2) is 0 Å². The van der Waals surface area contributed by atoms with Gasteiger partial charge in [0.05, 0.1) is 26.4 Å². The van der Waals surface area contributed by atoms with Crippen LogP contribution in [0, 0.1) is 0 Å². The van der Waals surface area contributed by atoms with Crippen LogP contribution in [0.15, 0.2) is 23.8 Å². The van der Waals surface area contributed by atoms with E-state index in [1.54, 1.807) is 0 Å². The standard InChI is InChI=1S/C14H22N2O4/c1-12(17)15-6-8-19-10-11-20-9-7-16-14(18)13-4-2-3-5-13/h2-4H,5-11H2,1H3,(H,15,17)(H,16,18). The fourth-order valence-corrected chi connectivity index (χ4v) is 1.59. The molecule has 0 saturated heterocycles. The van der Waals surface area contributed by atoms with Crippen molar-refractivity contribution in [1.82, 2.24) is 10.6 Å². The summed E-state index contributed by atoms with van der Waals surface area (Å²) in [5.74, 6) is -0.0988. The van der Waals surface area contributed by atoms with Crippen LogP contribution in [0.5, 0.6) is 0 Å². The van der Waals surface area contributed by atoms with Gasteiger partial charge in [0.15, 0.2) is 0 Å². The molecule has 0 aliphatic heterocycles. The van der Waals surface area contributed by atoms with E-state index in [4.69, 9.17) is 9.47 Å². The van der Waals surface area contributed by atoms with Gasteiger partial charge in [-0.15, -0.1) is 0 Å². The zero-order valence-electron chi connectivity index (χ0n) is 11.8. The van der Waals surface area contributed by atoms with Crippen LogP contribution in [0.4, 0.5) is 0 Å². The molecule has 0 bridgehead atoms. The molecule has 0 unspecified atom stereocenters. The molecule has 0 saturated carbocycles. The van der Waals surface area contributed by atoms with E-state index in [0.717, 1.165) is 5.57 Å². The minimum Gasteiger partial charge on any atom is -0.377 e. The fourth-order valence-electron chi connectivity index (χ4n) is 1.59. The maximum atomic E-state index is 11.6. The number of hydrogen-bond donors (Lipinski definition) is 2. The van der Waals surface area contributed by atoms with E-state index < -0.39 is 0 Å². The summed E-state index contributed by atoms with van der Waals surface area (Å²) in [5, 5.41) is 5.42. The van der Waals surface area contributed by atoms with E-state index in [-0.39, 0.29) is 11.8 Å². The highest BCUT2D eigenvalue weighted by Gasteiger charge is 2.08. The first-order valence-electron chi connectivity index (χ1n) is 6.74. The molecule has 0 aromatic heterocycles. The van der Waals surface area contributed by atoms with Crippen molar-refractivity contribution in [2.24, 2.45) is 0 Å². The minimum atomic E-state index is -0.0619. The molecule has 0 radical (unpaired) electrons. The Bertz CT molecular complexity index is 377. The number of hydrogen-bond acceptors (Lipinski definition) is 4. The Labute approximate surface area is 119 Å². The van der Waals surface area contributed by atoms with E-state index >= 15 is 0 Å².